The summed E-state index contributed by atoms with van der Waals surface area (Å²) in [5.41, 5.74) is 5.00. The third-order valence-corrected chi connectivity index (χ3v) is 7.87. The Morgan fingerprint density at radius 3 is 2.19 bits per heavy atom. The summed E-state index contributed by atoms with van der Waals surface area (Å²) >= 11 is 0. The van der Waals surface area contributed by atoms with Gasteiger partial charge in [0.1, 0.15) is 11.4 Å². The number of esters is 1. The number of aryl methyl sites for hydroxylation is 1. The highest BCUT2D eigenvalue weighted by Gasteiger charge is 2.52. The van der Waals surface area contributed by atoms with Crippen LogP contribution in [0.4, 0.5) is 24.5 Å². The number of anilines is 2. The molecular weight excluding hydrogens is 553 g/mol. The van der Waals surface area contributed by atoms with E-state index in [2.05, 4.69) is 10.5 Å². The van der Waals surface area contributed by atoms with Crippen molar-refractivity contribution in [3.8, 4) is 33.6 Å². The topological polar surface area (TPSA) is 64.4 Å². The van der Waals surface area contributed by atoms with Crippen LogP contribution >= 0.6 is 0 Å². The zero-order valence-corrected chi connectivity index (χ0v) is 23.7. The fraction of sp³-hybridized carbons (Fsp3) is 0.200. The van der Waals surface area contributed by atoms with Crippen LogP contribution < -0.4 is 5.32 Å². The number of carbonyl (C=O) groups excluding carboxylic acids is 1. The van der Waals surface area contributed by atoms with E-state index in [1.165, 1.54) is 12.1 Å². The van der Waals surface area contributed by atoms with Gasteiger partial charge in [0.15, 0.2) is 5.76 Å². The second-order valence-corrected chi connectivity index (χ2v) is 10.7. The molecule has 0 amide bonds. The number of benzene rings is 4. The monoisotopic (exact) mass is 582 g/mol. The standard InChI is InChI=1S/C35H29F3N2O3/c1-3-42-33(41)34(19-20-34)27-17-15-24(16-18-27)23-11-13-25(14-12-23)32-31(22(2)40-43-32)39-28-8-6-7-26(21-28)29-9-4-5-10-30(29)35(36,37)38/h4-18,21,39H,3,19-20H2,1-2H3. The first kappa shape index (κ1) is 28.3. The molecule has 1 saturated carbocycles. The molecule has 5 aromatic rings. The number of halogens is 3. The summed E-state index contributed by atoms with van der Waals surface area (Å²) in [5, 5.41) is 7.44. The third-order valence-electron chi connectivity index (χ3n) is 7.87. The zero-order valence-electron chi connectivity index (χ0n) is 23.7. The molecule has 1 heterocycles. The van der Waals surface area contributed by atoms with Crippen molar-refractivity contribution in [1.82, 2.24) is 5.16 Å². The van der Waals surface area contributed by atoms with E-state index in [-0.39, 0.29) is 11.5 Å². The van der Waals surface area contributed by atoms with Gasteiger partial charge in [-0.3, -0.25) is 4.79 Å². The molecule has 6 rings (SSSR count). The molecule has 0 atom stereocenters. The van der Waals surface area contributed by atoms with Crippen LogP contribution in [-0.4, -0.2) is 17.7 Å². The van der Waals surface area contributed by atoms with Crippen LogP contribution in [0.2, 0.25) is 0 Å². The van der Waals surface area contributed by atoms with Crippen LogP contribution in [-0.2, 0) is 21.1 Å². The van der Waals surface area contributed by atoms with Crippen LogP contribution in [0, 0.1) is 6.92 Å². The Kier molecular flexibility index (Phi) is 7.30. The van der Waals surface area contributed by atoms with E-state index < -0.39 is 17.2 Å². The number of hydrogen-bond donors (Lipinski definition) is 1. The summed E-state index contributed by atoms with van der Waals surface area (Å²) in [6.07, 6.45) is -2.86. The first-order valence-electron chi connectivity index (χ1n) is 14.1. The molecule has 0 unspecified atom stereocenters. The maximum Gasteiger partial charge on any atom is 0.417 e. The number of ether oxygens (including phenoxy) is 1. The Labute approximate surface area is 247 Å². The summed E-state index contributed by atoms with van der Waals surface area (Å²) in [6.45, 7) is 3.99. The highest BCUT2D eigenvalue weighted by Crippen LogP contribution is 2.49. The molecule has 218 valence electrons. The molecule has 8 heteroatoms. The summed E-state index contributed by atoms with van der Waals surface area (Å²) in [6, 6.07) is 28.2. The predicted octanol–water partition coefficient (Wildman–Crippen LogP) is 9.34. The van der Waals surface area contributed by atoms with Gasteiger partial charge in [-0.2, -0.15) is 13.2 Å². The van der Waals surface area contributed by atoms with Crippen LogP contribution in [0.5, 0.6) is 0 Å². The first-order valence-corrected chi connectivity index (χ1v) is 14.1. The van der Waals surface area contributed by atoms with E-state index >= 15 is 0 Å². The molecule has 1 fully saturated rings. The van der Waals surface area contributed by atoms with Gasteiger partial charge < -0.3 is 14.6 Å². The number of alkyl halides is 3. The predicted molar refractivity (Wildman–Crippen MR) is 160 cm³/mol. The number of nitrogens with zero attached hydrogens (tertiary/aromatic N) is 1. The Morgan fingerprint density at radius 1 is 0.884 bits per heavy atom. The van der Waals surface area contributed by atoms with E-state index in [9.17, 15) is 18.0 Å². The average molecular weight is 583 g/mol. The molecule has 1 aromatic heterocycles. The van der Waals surface area contributed by atoms with Crippen molar-refractivity contribution in [2.75, 3.05) is 11.9 Å². The quantitative estimate of drug-likeness (QED) is 0.185. The minimum atomic E-state index is -4.46. The van der Waals surface area contributed by atoms with Crippen molar-refractivity contribution < 1.29 is 27.2 Å². The lowest BCUT2D eigenvalue weighted by molar-refractivity contribution is -0.146. The Bertz CT molecular complexity index is 1770. The molecule has 0 bridgehead atoms. The van der Waals surface area contributed by atoms with Gasteiger partial charge in [-0.25, -0.2) is 0 Å². The average Bonchev–Trinajstić information content (AvgIpc) is 3.76. The fourth-order valence-corrected chi connectivity index (χ4v) is 5.41. The molecule has 0 saturated heterocycles. The third kappa shape index (κ3) is 5.52. The summed E-state index contributed by atoms with van der Waals surface area (Å²) in [4.78, 5) is 12.4. The minimum Gasteiger partial charge on any atom is -0.465 e. The van der Waals surface area contributed by atoms with Gasteiger partial charge in [0, 0.05) is 11.3 Å². The van der Waals surface area contributed by atoms with E-state index in [1.54, 1.807) is 37.3 Å². The van der Waals surface area contributed by atoms with Gasteiger partial charge in [0.05, 0.1) is 17.6 Å². The van der Waals surface area contributed by atoms with Crippen LogP contribution in [0.15, 0.2) is 102 Å². The molecule has 1 N–H and O–H groups in total. The fourth-order valence-electron chi connectivity index (χ4n) is 5.41. The lowest BCUT2D eigenvalue weighted by Crippen LogP contribution is -2.23. The van der Waals surface area contributed by atoms with Gasteiger partial charge >= 0.3 is 12.1 Å². The highest BCUT2D eigenvalue weighted by molar-refractivity contribution is 5.87. The largest absolute Gasteiger partial charge is 0.465 e. The number of rotatable bonds is 8. The zero-order chi connectivity index (χ0) is 30.2. The summed E-state index contributed by atoms with van der Waals surface area (Å²) < 4.78 is 51.9. The van der Waals surface area contributed by atoms with Crippen molar-refractivity contribution in [1.29, 1.82) is 0 Å². The van der Waals surface area contributed by atoms with E-state index in [1.807, 2.05) is 55.5 Å². The summed E-state index contributed by atoms with van der Waals surface area (Å²) in [7, 11) is 0. The smallest absolute Gasteiger partial charge is 0.417 e. The molecule has 5 nitrogen and oxygen atoms in total. The number of nitrogens with one attached hydrogen (secondary N) is 1. The highest BCUT2D eigenvalue weighted by atomic mass is 19.4. The maximum absolute atomic E-state index is 13.6. The molecule has 0 aliphatic heterocycles. The van der Waals surface area contributed by atoms with Crippen molar-refractivity contribution in [2.24, 2.45) is 0 Å². The molecule has 0 spiro atoms. The van der Waals surface area contributed by atoms with E-state index in [0.29, 0.717) is 35.0 Å². The molecule has 1 aliphatic carbocycles. The molecule has 43 heavy (non-hydrogen) atoms. The Morgan fingerprint density at radius 2 is 1.53 bits per heavy atom. The van der Waals surface area contributed by atoms with Gasteiger partial charge in [0.2, 0.25) is 0 Å². The van der Waals surface area contributed by atoms with Crippen molar-refractivity contribution >= 4 is 17.3 Å². The van der Waals surface area contributed by atoms with Gasteiger partial charge in [-0.15, -0.1) is 0 Å². The van der Waals surface area contributed by atoms with Crippen LogP contribution in [0.1, 0.15) is 36.6 Å². The maximum atomic E-state index is 13.6. The van der Waals surface area contributed by atoms with Gasteiger partial charge in [-0.05, 0) is 72.7 Å². The van der Waals surface area contributed by atoms with Crippen molar-refractivity contribution in [3.63, 3.8) is 0 Å². The number of carbonyl (C=O) groups is 1. The van der Waals surface area contributed by atoms with Crippen LogP contribution in [0.25, 0.3) is 33.6 Å². The number of aromatic nitrogens is 1. The van der Waals surface area contributed by atoms with Crippen molar-refractivity contribution in [2.45, 2.75) is 38.3 Å². The molecule has 0 radical (unpaired) electrons. The second kappa shape index (κ2) is 11.1. The molecule has 1 aliphatic rings. The molecule has 4 aromatic carbocycles. The van der Waals surface area contributed by atoms with Gasteiger partial charge in [0.25, 0.3) is 0 Å². The van der Waals surface area contributed by atoms with E-state index in [0.717, 1.165) is 41.2 Å². The minimum absolute atomic E-state index is 0.109. The number of hydrogen-bond acceptors (Lipinski definition) is 5. The SMILES string of the molecule is CCOC(=O)C1(c2ccc(-c3ccc(-c4onc(C)c4Nc4cccc(-c5ccccc5C(F)(F)F)c4)cc3)cc2)CC1. The second-order valence-electron chi connectivity index (χ2n) is 10.7. The Balaban J connectivity index is 1.23. The lowest BCUT2D eigenvalue weighted by Gasteiger charge is -2.15. The van der Waals surface area contributed by atoms with E-state index in [4.69, 9.17) is 9.26 Å². The first-order chi connectivity index (χ1) is 20.7. The normalized spacial score (nSPS) is 13.9. The Hall–Kier alpha value is -4.85. The summed E-state index contributed by atoms with van der Waals surface area (Å²) in [5.74, 6) is 0.363. The molecular formula is C35H29F3N2O3. The van der Waals surface area contributed by atoms with Crippen molar-refractivity contribution in [3.05, 3.63) is 114 Å². The lowest BCUT2D eigenvalue weighted by atomic mass is 9.93. The van der Waals surface area contributed by atoms with Gasteiger partial charge in [-0.1, -0.05) is 84.0 Å². The van der Waals surface area contributed by atoms with Crippen LogP contribution in [0.3, 0.4) is 0 Å².